The Balaban J connectivity index is 1.34. The van der Waals surface area contributed by atoms with Crippen molar-refractivity contribution in [1.29, 1.82) is 0 Å². The molecule has 0 amide bonds. The second kappa shape index (κ2) is 10.9. The Morgan fingerprint density at radius 3 is 2.58 bits per heavy atom. The normalized spacial score (nSPS) is 15.6. The summed E-state index contributed by atoms with van der Waals surface area (Å²) in [6.07, 6.45) is 1.66. The molecule has 1 atom stereocenters. The van der Waals surface area contributed by atoms with E-state index in [-0.39, 0.29) is 4.90 Å². The van der Waals surface area contributed by atoms with Gasteiger partial charge in [0.05, 0.1) is 22.8 Å². The summed E-state index contributed by atoms with van der Waals surface area (Å²) in [6.45, 7) is 8.32. The first-order valence-corrected chi connectivity index (χ1v) is 14.6. The number of halogens is 1. The van der Waals surface area contributed by atoms with Crippen molar-refractivity contribution in [3.05, 3.63) is 77.6 Å². The third-order valence-electron chi connectivity index (χ3n) is 6.95. The minimum Gasteiger partial charge on any atom is -0.425 e. The van der Waals surface area contributed by atoms with E-state index in [0.29, 0.717) is 34.4 Å². The highest BCUT2D eigenvalue weighted by Gasteiger charge is 2.23. The lowest BCUT2D eigenvalue weighted by atomic mass is 10.1. The van der Waals surface area contributed by atoms with E-state index in [9.17, 15) is 8.42 Å². The molecule has 8 nitrogen and oxygen atoms in total. The Morgan fingerprint density at radius 2 is 1.82 bits per heavy atom. The standard InChI is InChI=1S/C28H32ClN5O3S/c1-4-34-27(20(2)31-38(35,36)24-12-11-21-7-5-10-26(29)25(21)18-24)19-30-28(34)37-23-9-6-8-22(17-23)33-15-13-32(3)14-16-33/h5-12,17-20,31H,4,13-16H2,1-3H3. The first kappa shape index (κ1) is 26.5. The molecule has 3 aromatic carbocycles. The molecule has 0 saturated carbocycles. The van der Waals surface area contributed by atoms with E-state index in [0.717, 1.165) is 37.3 Å². The summed E-state index contributed by atoms with van der Waals surface area (Å²) in [7, 11) is -1.68. The molecule has 200 valence electrons. The molecule has 1 fully saturated rings. The van der Waals surface area contributed by atoms with Gasteiger partial charge in [-0.25, -0.2) is 18.1 Å². The largest absolute Gasteiger partial charge is 0.425 e. The van der Waals surface area contributed by atoms with E-state index in [1.165, 1.54) is 0 Å². The van der Waals surface area contributed by atoms with Crippen molar-refractivity contribution >= 4 is 38.1 Å². The van der Waals surface area contributed by atoms with Crippen molar-refractivity contribution in [3.63, 3.8) is 0 Å². The number of imidazole rings is 1. The number of anilines is 1. The Hall–Kier alpha value is -3.11. The first-order valence-electron chi connectivity index (χ1n) is 12.7. The van der Waals surface area contributed by atoms with Crippen LogP contribution in [-0.2, 0) is 16.6 Å². The van der Waals surface area contributed by atoms with Gasteiger partial charge in [-0.3, -0.25) is 4.57 Å². The fraction of sp³-hybridized carbons (Fsp3) is 0.321. The molecule has 38 heavy (non-hydrogen) atoms. The quantitative estimate of drug-likeness (QED) is 0.319. The molecule has 1 N–H and O–H groups in total. The van der Waals surface area contributed by atoms with E-state index >= 15 is 0 Å². The average Bonchev–Trinajstić information content (AvgIpc) is 3.31. The second-order valence-electron chi connectivity index (χ2n) is 9.57. The number of hydrogen-bond acceptors (Lipinski definition) is 6. The van der Waals surface area contributed by atoms with Gasteiger partial charge in [0.2, 0.25) is 10.0 Å². The SMILES string of the molecule is CCn1c(C(C)NS(=O)(=O)c2ccc3cccc(Cl)c3c2)cnc1Oc1cccc(N2CCN(C)CC2)c1. The lowest BCUT2D eigenvalue weighted by Gasteiger charge is -2.34. The molecule has 0 spiro atoms. The summed E-state index contributed by atoms with van der Waals surface area (Å²) in [6, 6.07) is 18.3. The van der Waals surface area contributed by atoms with Gasteiger partial charge in [0.1, 0.15) is 5.75 Å². The van der Waals surface area contributed by atoms with Crippen molar-refractivity contribution in [1.82, 2.24) is 19.2 Å². The van der Waals surface area contributed by atoms with E-state index in [1.807, 2.05) is 41.8 Å². The van der Waals surface area contributed by atoms with Crippen molar-refractivity contribution in [2.45, 2.75) is 31.3 Å². The van der Waals surface area contributed by atoms with Gasteiger partial charge in [0, 0.05) is 54.9 Å². The highest BCUT2D eigenvalue weighted by Crippen LogP contribution is 2.30. The number of fused-ring (bicyclic) bond motifs is 1. The summed E-state index contributed by atoms with van der Waals surface area (Å²) in [5.41, 5.74) is 1.82. The van der Waals surface area contributed by atoms with Gasteiger partial charge in [0.15, 0.2) is 0 Å². The van der Waals surface area contributed by atoms with Crippen LogP contribution in [0, 0.1) is 0 Å². The van der Waals surface area contributed by atoms with Gasteiger partial charge in [-0.05, 0) is 56.6 Å². The number of hydrogen-bond donors (Lipinski definition) is 1. The molecule has 0 aliphatic carbocycles. The molecule has 5 rings (SSSR count). The Kier molecular flexibility index (Phi) is 7.63. The summed E-state index contributed by atoms with van der Waals surface area (Å²) < 4.78 is 37.4. The number of likely N-dealkylation sites (N-methyl/N-ethyl adjacent to an activating group) is 1. The van der Waals surface area contributed by atoms with E-state index in [4.69, 9.17) is 16.3 Å². The van der Waals surface area contributed by atoms with E-state index in [1.54, 1.807) is 37.4 Å². The summed E-state index contributed by atoms with van der Waals surface area (Å²) >= 11 is 6.30. The summed E-state index contributed by atoms with van der Waals surface area (Å²) in [5, 5.41) is 2.08. The van der Waals surface area contributed by atoms with Gasteiger partial charge in [-0.2, -0.15) is 0 Å². The molecule has 1 saturated heterocycles. The number of ether oxygens (including phenoxy) is 1. The third kappa shape index (κ3) is 5.51. The van der Waals surface area contributed by atoms with Crippen molar-refractivity contribution < 1.29 is 13.2 Å². The molecular weight excluding hydrogens is 522 g/mol. The average molecular weight is 554 g/mol. The predicted molar refractivity (Wildman–Crippen MR) is 152 cm³/mol. The molecule has 1 aliphatic heterocycles. The molecule has 10 heteroatoms. The number of nitrogens with one attached hydrogen (secondary N) is 1. The maximum Gasteiger partial charge on any atom is 0.302 e. The maximum atomic E-state index is 13.3. The second-order valence-corrected chi connectivity index (χ2v) is 11.7. The molecule has 4 aromatic rings. The fourth-order valence-electron chi connectivity index (χ4n) is 4.77. The van der Waals surface area contributed by atoms with Crippen LogP contribution in [0.4, 0.5) is 5.69 Å². The van der Waals surface area contributed by atoms with Crippen molar-refractivity contribution in [2.24, 2.45) is 0 Å². The van der Waals surface area contributed by atoms with Crippen LogP contribution in [0.15, 0.2) is 71.8 Å². The van der Waals surface area contributed by atoms with Gasteiger partial charge >= 0.3 is 6.01 Å². The number of nitrogens with zero attached hydrogens (tertiary/aromatic N) is 4. The zero-order valence-electron chi connectivity index (χ0n) is 21.8. The number of benzene rings is 3. The van der Waals surface area contributed by atoms with Crippen LogP contribution in [0.25, 0.3) is 10.8 Å². The zero-order valence-corrected chi connectivity index (χ0v) is 23.3. The van der Waals surface area contributed by atoms with Crippen molar-refractivity contribution in [3.8, 4) is 11.8 Å². The van der Waals surface area contributed by atoms with Crippen LogP contribution in [0.5, 0.6) is 11.8 Å². The van der Waals surface area contributed by atoms with E-state index < -0.39 is 16.1 Å². The van der Waals surface area contributed by atoms with Gasteiger partial charge < -0.3 is 14.5 Å². The van der Waals surface area contributed by atoms with Gasteiger partial charge in [-0.15, -0.1) is 0 Å². The minimum absolute atomic E-state index is 0.157. The molecular formula is C28H32ClN5O3S. The molecule has 1 aromatic heterocycles. The molecule has 0 bridgehead atoms. The number of aromatic nitrogens is 2. The summed E-state index contributed by atoms with van der Waals surface area (Å²) in [5.74, 6) is 0.689. The molecule has 1 aliphatic rings. The number of piperazine rings is 1. The highest BCUT2D eigenvalue weighted by atomic mass is 35.5. The van der Waals surface area contributed by atoms with Crippen molar-refractivity contribution in [2.75, 3.05) is 38.1 Å². The first-order chi connectivity index (χ1) is 18.2. The van der Waals surface area contributed by atoms with Gasteiger partial charge in [-0.1, -0.05) is 35.9 Å². The molecule has 1 unspecified atom stereocenters. The highest BCUT2D eigenvalue weighted by molar-refractivity contribution is 7.89. The summed E-state index contributed by atoms with van der Waals surface area (Å²) in [4.78, 5) is 9.31. The van der Waals surface area contributed by atoms with Gasteiger partial charge in [0.25, 0.3) is 0 Å². The smallest absolute Gasteiger partial charge is 0.302 e. The Labute approximate surface area is 228 Å². The Morgan fingerprint density at radius 1 is 1.05 bits per heavy atom. The van der Waals surface area contributed by atoms with E-state index in [2.05, 4.69) is 32.6 Å². The minimum atomic E-state index is -3.81. The van der Waals surface area contributed by atoms with Crippen LogP contribution in [0.3, 0.4) is 0 Å². The number of rotatable bonds is 8. The van der Waals surface area contributed by atoms with Crippen LogP contribution in [0.2, 0.25) is 5.02 Å². The van der Waals surface area contributed by atoms with Crippen LogP contribution in [-0.4, -0.2) is 56.1 Å². The monoisotopic (exact) mass is 553 g/mol. The lowest BCUT2D eigenvalue weighted by molar-refractivity contribution is 0.312. The van der Waals surface area contributed by atoms with Crippen LogP contribution in [0.1, 0.15) is 25.6 Å². The maximum absolute atomic E-state index is 13.3. The fourth-order valence-corrected chi connectivity index (χ4v) is 6.25. The third-order valence-corrected chi connectivity index (χ3v) is 8.82. The zero-order chi connectivity index (χ0) is 26.9. The molecule has 2 heterocycles. The number of sulfonamides is 1. The topological polar surface area (TPSA) is 79.7 Å². The molecule has 0 radical (unpaired) electrons. The van der Waals surface area contributed by atoms with Crippen LogP contribution < -0.4 is 14.4 Å². The lowest BCUT2D eigenvalue weighted by Crippen LogP contribution is -2.44. The van der Waals surface area contributed by atoms with Crippen LogP contribution >= 0.6 is 11.6 Å². The Bertz CT molecular complexity index is 1550. The predicted octanol–water partition coefficient (Wildman–Crippen LogP) is 5.29.